The number of hydrogen-bond acceptors (Lipinski definition) is 5. The van der Waals surface area contributed by atoms with Crippen molar-refractivity contribution in [2.24, 2.45) is 11.8 Å². The quantitative estimate of drug-likeness (QED) is 0.593. The molecular formula is C15H24N2O3S. The largest absolute Gasteiger partial charge is 0.493 e. The molecule has 2 rings (SSSR count). The normalized spacial score (nSPS) is 22.1. The van der Waals surface area contributed by atoms with Crippen LogP contribution in [-0.4, -0.2) is 26.5 Å². The maximum atomic E-state index is 11.6. The molecule has 1 heterocycles. The van der Waals surface area contributed by atoms with Crippen molar-refractivity contribution in [1.29, 1.82) is 0 Å². The van der Waals surface area contributed by atoms with Crippen molar-refractivity contribution >= 4 is 9.84 Å². The summed E-state index contributed by atoms with van der Waals surface area (Å²) in [5.74, 6) is 7.24. The Morgan fingerprint density at radius 1 is 1.43 bits per heavy atom. The molecule has 0 aromatic heterocycles. The Balaban J connectivity index is 2.10. The number of nitrogens with two attached hydrogens (primary N) is 1. The first-order valence-corrected chi connectivity index (χ1v) is 9.26. The summed E-state index contributed by atoms with van der Waals surface area (Å²) >= 11 is 0. The fraction of sp³-hybridized carbons (Fsp3) is 0.600. The highest BCUT2D eigenvalue weighted by Crippen LogP contribution is 2.32. The monoisotopic (exact) mass is 312 g/mol. The van der Waals surface area contributed by atoms with E-state index in [0.29, 0.717) is 18.8 Å². The Morgan fingerprint density at radius 3 is 2.81 bits per heavy atom. The van der Waals surface area contributed by atoms with Crippen molar-refractivity contribution in [3.05, 3.63) is 29.8 Å². The van der Waals surface area contributed by atoms with Gasteiger partial charge in [0.05, 0.1) is 18.1 Å². The average molecular weight is 312 g/mol. The molecule has 0 radical (unpaired) electrons. The Morgan fingerprint density at radius 2 is 2.19 bits per heavy atom. The van der Waals surface area contributed by atoms with Crippen molar-refractivity contribution in [1.82, 2.24) is 5.43 Å². The molecule has 1 fully saturated rings. The van der Waals surface area contributed by atoms with E-state index >= 15 is 0 Å². The van der Waals surface area contributed by atoms with Gasteiger partial charge in [-0.2, -0.15) is 0 Å². The summed E-state index contributed by atoms with van der Waals surface area (Å²) in [6.07, 6.45) is 2.37. The van der Waals surface area contributed by atoms with E-state index in [1.807, 2.05) is 24.3 Å². The molecule has 0 saturated carbocycles. The lowest BCUT2D eigenvalue weighted by Gasteiger charge is -2.22. The van der Waals surface area contributed by atoms with Crippen molar-refractivity contribution in [2.45, 2.75) is 32.2 Å². The molecule has 0 spiro atoms. The fourth-order valence-corrected chi connectivity index (χ4v) is 4.67. The van der Waals surface area contributed by atoms with Gasteiger partial charge in [0.25, 0.3) is 0 Å². The minimum absolute atomic E-state index is 0.0867. The first-order chi connectivity index (χ1) is 10.1. The van der Waals surface area contributed by atoms with E-state index in [1.54, 1.807) is 0 Å². The molecule has 1 saturated heterocycles. The zero-order valence-corrected chi connectivity index (χ0v) is 13.2. The Kier molecular flexibility index (Phi) is 5.61. The summed E-state index contributed by atoms with van der Waals surface area (Å²) in [5.41, 5.74) is 3.81. The number of nitrogens with one attached hydrogen (secondary N) is 1. The van der Waals surface area contributed by atoms with Crippen LogP contribution >= 0.6 is 0 Å². The van der Waals surface area contributed by atoms with E-state index in [4.69, 9.17) is 10.6 Å². The van der Waals surface area contributed by atoms with Crippen LogP contribution in [0.3, 0.4) is 0 Å². The predicted octanol–water partition coefficient (Wildman–Crippen LogP) is 1.80. The fourth-order valence-electron chi connectivity index (χ4n) is 2.79. The molecule has 0 bridgehead atoms. The lowest BCUT2D eigenvalue weighted by molar-refractivity contribution is 0.306. The molecule has 21 heavy (non-hydrogen) atoms. The maximum Gasteiger partial charge on any atom is 0.150 e. The second-order valence-electron chi connectivity index (χ2n) is 5.61. The van der Waals surface area contributed by atoms with Crippen molar-refractivity contribution in [3.8, 4) is 5.75 Å². The van der Waals surface area contributed by atoms with Crippen LogP contribution in [0.15, 0.2) is 24.3 Å². The van der Waals surface area contributed by atoms with Crippen LogP contribution in [0.25, 0.3) is 0 Å². The van der Waals surface area contributed by atoms with Gasteiger partial charge in [-0.3, -0.25) is 11.3 Å². The smallest absolute Gasteiger partial charge is 0.150 e. The van der Waals surface area contributed by atoms with E-state index in [0.717, 1.165) is 24.2 Å². The van der Waals surface area contributed by atoms with Gasteiger partial charge in [0, 0.05) is 11.6 Å². The van der Waals surface area contributed by atoms with Gasteiger partial charge in [0.2, 0.25) is 0 Å². The highest BCUT2D eigenvalue weighted by Gasteiger charge is 2.30. The van der Waals surface area contributed by atoms with Crippen LogP contribution in [0.1, 0.15) is 37.8 Å². The van der Waals surface area contributed by atoms with Crippen LogP contribution in [0.5, 0.6) is 5.75 Å². The first kappa shape index (κ1) is 16.3. The third kappa shape index (κ3) is 4.43. The van der Waals surface area contributed by atoms with E-state index in [-0.39, 0.29) is 17.7 Å². The highest BCUT2D eigenvalue weighted by atomic mass is 32.2. The van der Waals surface area contributed by atoms with E-state index in [1.165, 1.54) is 0 Å². The van der Waals surface area contributed by atoms with E-state index in [9.17, 15) is 8.42 Å². The van der Waals surface area contributed by atoms with Crippen LogP contribution in [0, 0.1) is 5.92 Å². The first-order valence-electron chi connectivity index (χ1n) is 7.44. The Labute approximate surface area is 126 Å². The lowest BCUT2D eigenvalue weighted by Crippen LogP contribution is -2.30. The van der Waals surface area contributed by atoms with Crippen LogP contribution in [0.4, 0.5) is 0 Å². The topological polar surface area (TPSA) is 81.4 Å². The summed E-state index contributed by atoms with van der Waals surface area (Å²) in [5, 5.41) is 0. The number of hydrogen-bond donors (Lipinski definition) is 2. The molecule has 118 valence electrons. The molecule has 2 unspecified atom stereocenters. The van der Waals surface area contributed by atoms with Crippen molar-refractivity contribution < 1.29 is 13.2 Å². The molecule has 0 amide bonds. The second-order valence-corrected chi connectivity index (χ2v) is 7.84. The zero-order chi connectivity index (χ0) is 15.3. The zero-order valence-electron chi connectivity index (χ0n) is 12.4. The molecule has 2 atom stereocenters. The number of para-hydroxylation sites is 1. The molecule has 1 aliphatic rings. The van der Waals surface area contributed by atoms with Crippen LogP contribution in [-0.2, 0) is 9.84 Å². The molecule has 0 aliphatic carbocycles. The SMILES string of the molecule is CCCOc1ccccc1C(CC1CCS(=O)(=O)C1)NN. The highest BCUT2D eigenvalue weighted by molar-refractivity contribution is 7.91. The standard InChI is InChI=1S/C15H24N2O3S/c1-2-8-20-15-6-4-3-5-13(15)14(17-16)10-12-7-9-21(18,19)11-12/h3-6,12,14,17H,2,7-11,16H2,1H3. The van der Waals surface area contributed by atoms with Gasteiger partial charge in [-0.05, 0) is 31.2 Å². The van der Waals surface area contributed by atoms with E-state index in [2.05, 4.69) is 12.3 Å². The summed E-state index contributed by atoms with van der Waals surface area (Å²) in [6.45, 7) is 2.72. The maximum absolute atomic E-state index is 11.6. The molecule has 3 N–H and O–H groups in total. The van der Waals surface area contributed by atoms with Crippen molar-refractivity contribution in [2.75, 3.05) is 18.1 Å². The lowest BCUT2D eigenvalue weighted by atomic mass is 9.94. The second kappa shape index (κ2) is 7.24. The van der Waals surface area contributed by atoms with Gasteiger partial charge in [-0.1, -0.05) is 25.1 Å². The molecule has 5 nitrogen and oxygen atoms in total. The molecule has 1 aliphatic heterocycles. The van der Waals surface area contributed by atoms with Gasteiger partial charge in [-0.15, -0.1) is 0 Å². The van der Waals surface area contributed by atoms with Crippen molar-refractivity contribution in [3.63, 3.8) is 0 Å². The predicted molar refractivity (Wildman–Crippen MR) is 83.7 cm³/mol. The number of ether oxygens (including phenoxy) is 1. The summed E-state index contributed by atoms with van der Waals surface area (Å²) in [7, 11) is -2.86. The average Bonchev–Trinajstić information content (AvgIpc) is 2.82. The Bertz CT molecular complexity index is 560. The summed E-state index contributed by atoms with van der Waals surface area (Å²) in [4.78, 5) is 0. The van der Waals surface area contributed by atoms with Gasteiger partial charge in [0.1, 0.15) is 5.75 Å². The minimum atomic E-state index is -2.86. The number of sulfone groups is 1. The summed E-state index contributed by atoms with van der Waals surface area (Å²) in [6, 6.07) is 7.71. The Hall–Kier alpha value is -1.11. The van der Waals surface area contributed by atoms with Gasteiger partial charge in [0.15, 0.2) is 9.84 Å². The van der Waals surface area contributed by atoms with Gasteiger partial charge < -0.3 is 4.74 Å². The van der Waals surface area contributed by atoms with Crippen LogP contribution < -0.4 is 16.0 Å². The van der Waals surface area contributed by atoms with Gasteiger partial charge >= 0.3 is 0 Å². The number of rotatable bonds is 7. The molecule has 1 aromatic rings. The third-order valence-electron chi connectivity index (χ3n) is 3.85. The van der Waals surface area contributed by atoms with Gasteiger partial charge in [-0.25, -0.2) is 8.42 Å². The van der Waals surface area contributed by atoms with Crippen LogP contribution in [0.2, 0.25) is 0 Å². The molecule has 1 aromatic carbocycles. The van der Waals surface area contributed by atoms with E-state index < -0.39 is 9.84 Å². The number of hydrazine groups is 1. The minimum Gasteiger partial charge on any atom is -0.493 e. The summed E-state index contributed by atoms with van der Waals surface area (Å²) < 4.78 is 28.9. The third-order valence-corrected chi connectivity index (χ3v) is 5.69. The molecule has 6 heteroatoms. The molecular weight excluding hydrogens is 288 g/mol. The number of benzene rings is 1.